The average Bonchev–Trinajstić information content (AvgIpc) is 3.79. The molecule has 3 aromatic carbocycles. The van der Waals surface area contributed by atoms with Crippen molar-refractivity contribution in [3.63, 3.8) is 0 Å². The number of carboxylic acid groups (broad SMARTS) is 1. The largest absolute Gasteiger partial charge is 0.496 e. The number of halogens is 3. The van der Waals surface area contributed by atoms with Crippen LogP contribution < -0.4 is 10.1 Å². The number of aromatic nitrogens is 4. The van der Waals surface area contributed by atoms with E-state index in [1.54, 1.807) is 46.1 Å². The van der Waals surface area contributed by atoms with Gasteiger partial charge in [-0.1, -0.05) is 59.6 Å². The van der Waals surface area contributed by atoms with Gasteiger partial charge in [-0.05, 0) is 90.8 Å². The van der Waals surface area contributed by atoms with Crippen molar-refractivity contribution in [2.24, 2.45) is 0 Å². The van der Waals surface area contributed by atoms with Crippen molar-refractivity contribution in [3.8, 4) is 11.4 Å². The number of piperazine rings is 1. The summed E-state index contributed by atoms with van der Waals surface area (Å²) in [4.78, 5) is 59.8. The molecule has 16 nitrogen and oxygen atoms in total. The molecule has 5 heterocycles. The second-order valence-corrected chi connectivity index (χ2v) is 15.4. The fraction of sp³-hybridized carbons (Fsp3) is 0.410. The molecule has 4 aliphatic rings. The van der Waals surface area contributed by atoms with Crippen molar-refractivity contribution in [1.82, 2.24) is 50.2 Å². The first-order chi connectivity index (χ1) is 27.5. The van der Waals surface area contributed by atoms with Crippen molar-refractivity contribution >= 4 is 59.4 Å². The standard InChI is InChI=1S/C39H44Cl2N10O6.ClH/c1-46(35(52)30-23-29(9-11-33(30)57-2)50-25-42-44-45-50)24-27(26-8-10-31(40)32(41)22-26)12-15-47-16-13-39(14-17-47,28-6-4-3-5-7-28)37(55)43-38(56)51-34(36(53)54)48-18-20-49(51)21-19-48;/h3-11,22-23,25,27,34H,12-21,24H2,1-2H3,(H,53,54)(H,43,55,56);1H/t27-,34+;/m1./s1. The van der Waals surface area contributed by atoms with Crippen LogP contribution in [0.2, 0.25) is 10.0 Å². The van der Waals surface area contributed by atoms with E-state index in [4.69, 9.17) is 27.9 Å². The zero-order valence-electron chi connectivity index (χ0n) is 32.0. The number of likely N-dealkylation sites (N-methyl/N-ethyl adjacent to an activating group) is 1. The number of aliphatic carboxylic acids is 1. The fourth-order valence-electron chi connectivity index (χ4n) is 8.19. The van der Waals surface area contributed by atoms with Crippen LogP contribution in [-0.2, 0) is 15.0 Å². The van der Waals surface area contributed by atoms with Gasteiger partial charge in [-0.15, -0.1) is 17.5 Å². The van der Waals surface area contributed by atoms with E-state index >= 15 is 0 Å². The molecule has 4 saturated heterocycles. The lowest BCUT2D eigenvalue weighted by Gasteiger charge is -2.52. The molecule has 4 amide bonds. The number of ether oxygens (including phenoxy) is 1. The molecule has 4 aliphatic heterocycles. The summed E-state index contributed by atoms with van der Waals surface area (Å²) in [6.45, 7) is 4.18. The molecule has 0 radical (unpaired) electrons. The number of hydrogen-bond donors (Lipinski definition) is 2. The lowest BCUT2D eigenvalue weighted by Crippen LogP contribution is -2.74. The van der Waals surface area contributed by atoms with Crippen LogP contribution >= 0.6 is 35.6 Å². The number of piperidine rings is 1. The Hall–Kier alpha value is -4.84. The molecule has 2 bridgehead atoms. The van der Waals surface area contributed by atoms with Crippen LogP contribution in [0.15, 0.2) is 73.1 Å². The number of imide groups is 1. The summed E-state index contributed by atoms with van der Waals surface area (Å²) < 4.78 is 7.02. The minimum atomic E-state index is -1.17. The van der Waals surface area contributed by atoms with Gasteiger partial charge in [-0.3, -0.25) is 19.8 Å². The molecule has 0 spiro atoms. The first-order valence-corrected chi connectivity index (χ1v) is 19.5. The second-order valence-electron chi connectivity index (χ2n) is 14.6. The summed E-state index contributed by atoms with van der Waals surface area (Å²) in [6.07, 6.45) is 1.79. The lowest BCUT2D eigenvalue weighted by molar-refractivity contribution is -0.190. The number of hydrogen-bond acceptors (Lipinski definition) is 11. The van der Waals surface area contributed by atoms with Crippen molar-refractivity contribution in [2.75, 3.05) is 66.5 Å². The predicted octanol–water partition coefficient (Wildman–Crippen LogP) is 4.17. The third kappa shape index (κ3) is 8.77. The summed E-state index contributed by atoms with van der Waals surface area (Å²) in [6, 6.07) is 19.4. The molecule has 2 atom stereocenters. The SMILES string of the molecule is COc1ccc(-n2cnnn2)cc1C(=O)N(C)C[C@@H](CCN1CCC(C(=O)NC(=O)N2[C@@H](C(=O)O)N3CCN2CC3)(c2ccccc2)CC1)c1ccc(Cl)c(Cl)c1.Cl. The Bertz CT molecular complexity index is 2100. The van der Waals surface area contributed by atoms with Crippen LogP contribution in [0.4, 0.5) is 4.79 Å². The summed E-state index contributed by atoms with van der Waals surface area (Å²) in [5.41, 5.74) is 1.66. The van der Waals surface area contributed by atoms with Gasteiger partial charge >= 0.3 is 12.0 Å². The Kier molecular flexibility index (Phi) is 13.6. The van der Waals surface area contributed by atoms with Crippen LogP contribution in [0.5, 0.6) is 5.75 Å². The van der Waals surface area contributed by atoms with E-state index in [0.29, 0.717) is 98.7 Å². The number of likely N-dealkylation sites (tertiary alicyclic amines) is 1. The van der Waals surface area contributed by atoms with Crippen molar-refractivity contribution < 1.29 is 29.0 Å². The third-order valence-corrected chi connectivity index (χ3v) is 12.1. The molecule has 308 valence electrons. The van der Waals surface area contributed by atoms with Gasteiger partial charge in [0.05, 0.1) is 33.8 Å². The molecule has 0 saturated carbocycles. The Morgan fingerprint density at radius 2 is 1.69 bits per heavy atom. The van der Waals surface area contributed by atoms with E-state index in [-0.39, 0.29) is 24.2 Å². The Labute approximate surface area is 352 Å². The highest BCUT2D eigenvalue weighted by molar-refractivity contribution is 6.42. The number of tetrazole rings is 1. The summed E-state index contributed by atoms with van der Waals surface area (Å²) in [7, 11) is 3.25. The molecule has 19 heteroatoms. The van der Waals surface area contributed by atoms with Gasteiger partial charge in [0.25, 0.3) is 5.91 Å². The first-order valence-electron chi connectivity index (χ1n) is 18.7. The minimum Gasteiger partial charge on any atom is -0.496 e. The van der Waals surface area contributed by atoms with E-state index in [1.807, 2.05) is 42.5 Å². The predicted molar refractivity (Wildman–Crippen MR) is 217 cm³/mol. The van der Waals surface area contributed by atoms with Gasteiger partial charge in [-0.2, -0.15) is 0 Å². The molecule has 0 unspecified atom stereocenters. The van der Waals surface area contributed by atoms with Crippen LogP contribution in [0, 0.1) is 0 Å². The molecule has 2 N–H and O–H groups in total. The number of methoxy groups -OCH3 is 1. The minimum absolute atomic E-state index is 0. The van der Waals surface area contributed by atoms with Gasteiger partial charge in [0.2, 0.25) is 12.1 Å². The molecule has 4 aromatic rings. The van der Waals surface area contributed by atoms with Crippen LogP contribution in [0.1, 0.15) is 46.7 Å². The highest BCUT2D eigenvalue weighted by atomic mass is 35.5. The maximum absolute atomic E-state index is 14.3. The maximum atomic E-state index is 14.3. The number of carbonyl (C=O) groups is 4. The molecule has 4 fully saturated rings. The smallest absolute Gasteiger partial charge is 0.343 e. The number of urea groups is 1. The molecular weight excluding hydrogens is 811 g/mol. The van der Waals surface area contributed by atoms with Crippen LogP contribution in [0.3, 0.4) is 0 Å². The molecule has 0 aliphatic carbocycles. The van der Waals surface area contributed by atoms with Crippen LogP contribution in [0.25, 0.3) is 5.69 Å². The number of nitrogens with zero attached hydrogens (tertiary/aromatic N) is 9. The highest BCUT2D eigenvalue weighted by Gasteiger charge is 2.49. The molecule has 58 heavy (non-hydrogen) atoms. The van der Waals surface area contributed by atoms with Gasteiger partial charge in [0.15, 0.2) is 0 Å². The van der Waals surface area contributed by atoms with Gasteiger partial charge in [-0.25, -0.2) is 24.3 Å². The van der Waals surface area contributed by atoms with Crippen molar-refractivity contribution in [3.05, 3.63) is 99.8 Å². The van der Waals surface area contributed by atoms with Gasteiger partial charge in [0.1, 0.15) is 12.1 Å². The zero-order valence-corrected chi connectivity index (χ0v) is 34.4. The topological polar surface area (TPSA) is 170 Å². The Balaban J connectivity index is 0.00000567. The van der Waals surface area contributed by atoms with E-state index in [0.717, 1.165) is 11.1 Å². The fourth-order valence-corrected chi connectivity index (χ4v) is 8.50. The summed E-state index contributed by atoms with van der Waals surface area (Å²) in [5.74, 6) is -1.57. The summed E-state index contributed by atoms with van der Waals surface area (Å²) >= 11 is 12.8. The van der Waals surface area contributed by atoms with E-state index in [9.17, 15) is 24.3 Å². The maximum Gasteiger partial charge on any atom is 0.343 e. The number of carbonyl (C=O) groups excluding carboxylic acids is 3. The monoisotopic (exact) mass is 854 g/mol. The molecule has 1 aromatic heterocycles. The zero-order chi connectivity index (χ0) is 40.3. The highest BCUT2D eigenvalue weighted by Crippen LogP contribution is 2.37. The number of nitrogens with one attached hydrogen (secondary N) is 1. The molecule has 8 rings (SSSR count). The van der Waals surface area contributed by atoms with Gasteiger partial charge < -0.3 is 19.6 Å². The molecular formula is C39H45Cl3N10O6. The number of amides is 4. The average molecular weight is 856 g/mol. The number of hydrazine groups is 1. The number of fused-ring (bicyclic) bond motifs is 3. The van der Waals surface area contributed by atoms with E-state index < -0.39 is 29.5 Å². The summed E-state index contributed by atoms with van der Waals surface area (Å²) in [5, 5.41) is 27.6. The normalized spacial score (nSPS) is 20.4. The van der Waals surface area contributed by atoms with Crippen LogP contribution in [-0.4, -0.2) is 147 Å². The Morgan fingerprint density at radius 1 is 0.966 bits per heavy atom. The number of rotatable bonds is 12. The lowest BCUT2D eigenvalue weighted by atomic mass is 9.72. The third-order valence-electron chi connectivity index (χ3n) is 11.4. The van der Waals surface area contributed by atoms with E-state index in [2.05, 4.69) is 25.7 Å². The Morgan fingerprint density at radius 3 is 2.33 bits per heavy atom. The second kappa shape index (κ2) is 18.4. The quantitative estimate of drug-likeness (QED) is 0.209. The first kappa shape index (κ1) is 42.8. The van der Waals surface area contributed by atoms with E-state index in [1.165, 1.54) is 23.1 Å². The number of benzene rings is 3. The van der Waals surface area contributed by atoms with Gasteiger partial charge in [0, 0.05) is 45.7 Å². The van der Waals surface area contributed by atoms with Crippen molar-refractivity contribution in [2.45, 2.75) is 36.8 Å². The number of carboxylic acids is 1. The van der Waals surface area contributed by atoms with Crippen molar-refractivity contribution in [1.29, 1.82) is 0 Å².